The van der Waals surface area contributed by atoms with E-state index in [1.165, 1.54) is 24.3 Å². The predicted octanol–water partition coefficient (Wildman–Crippen LogP) is 3.09. The van der Waals surface area contributed by atoms with Gasteiger partial charge >= 0.3 is 6.36 Å². The van der Waals surface area contributed by atoms with Crippen LogP contribution in [0.2, 0.25) is 0 Å². The topological polar surface area (TPSA) is 75.6 Å². The van der Waals surface area contributed by atoms with Crippen molar-refractivity contribution in [2.24, 2.45) is 0 Å². The Labute approximate surface area is 124 Å². The normalized spacial score (nSPS) is 12.0. The smallest absolute Gasteiger partial charge is 0.508 e. The SMILES string of the molecule is O=S(=O)(Nc1ccc(O)cc1)c1ccc(OC(F)(F)F)cc1. The molecule has 5 nitrogen and oxygen atoms in total. The summed E-state index contributed by atoms with van der Waals surface area (Å²) in [5.74, 6) is -0.548. The van der Waals surface area contributed by atoms with Crippen LogP contribution in [-0.2, 0) is 10.0 Å². The van der Waals surface area contributed by atoms with Crippen LogP contribution in [0.5, 0.6) is 11.5 Å². The number of nitrogens with one attached hydrogen (secondary N) is 1. The largest absolute Gasteiger partial charge is 0.573 e. The molecule has 0 spiro atoms. The van der Waals surface area contributed by atoms with E-state index >= 15 is 0 Å². The molecule has 0 heterocycles. The zero-order valence-corrected chi connectivity index (χ0v) is 11.6. The average molecular weight is 333 g/mol. The van der Waals surface area contributed by atoms with Crippen molar-refractivity contribution in [1.82, 2.24) is 0 Å². The molecule has 0 bridgehead atoms. The molecule has 22 heavy (non-hydrogen) atoms. The summed E-state index contributed by atoms with van der Waals surface area (Å²) >= 11 is 0. The molecule has 0 aromatic heterocycles. The monoisotopic (exact) mass is 333 g/mol. The Bertz CT molecular complexity index is 740. The van der Waals surface area contributed by atoms with Gasteiger partial charge in [-0.1, -0.05) is 0 Å². The number of rotatable bonds is 4. The van der Waals surface area contributed by atoms with Gasteiger partial charge in [0.2, 0.25) is 0 Å². The fourth-order valence-corrected chi connectivity index (χ4v) is 2.62. The number of sulfonamides is 1. The number of ether oxygens (including phenoxy) is 1. The molecule has 2 aromatic carbocycles. The van der Waals surface area contributed by atoms with Crippen LogP contribution in [0.15, 0.2) is 53.4 Å². The quantitative estimate of drug-likeness (QED) is 0.843. The molecule has 0 radical (unpaired) electrons. The molecule has 2 aromatic rings. The summed E-state index contributed by atoms with van der Waals surface area (Å²) in [6.45, 7) is 0. The van der Waals surface area contributed by atoms with Gasteiger partial charge in [0.15, 0.2) is 0 Å². The minimum Gasteiger partial charge on any atom is -0.508 e. The molecule has 2 rings (SSSR count). The van der Waals surface area contributed by atoms with Crippen LogP contribution in [0.25, 0.3) is 0 Å². The summed E-state index contributed by atoms with van der Waals surface area (Å²) in [5, 5.41) is 9.11. The standard InChI is InChI=1S/C13H10F3NO4S/c14-13(15,16)21-11-5-7-12(8-6-11)22(19,20)17-9-1-3-10(18)4-2-9/h1-8,17-18H. The van der Waals surface area contributed by atoms with Crippen LogP contribution < -0.4 is 9.46 Å². The van der Waals surface area contributed by atoms with Gasteiger partial charge in [0.25, 0.3) is 10.0 Å². The van der Waals surface area contributed by atoms with Crippen molar-refractivity contribution < 1.29 is 31.4 Å². The van der Waals surface area contributed by atoms with E-state index in [1.807, 2.05) is 0 Å². The molecule has 0 aliphatic carbocycles. The summed E-state index contributed by atoms with van der Waals surface area (Å²) in [6, 6.07) is 9.05. The molecule has 0 saturated heterocycles. The maximum absolute atomic E-state index is 12.0. The van der Waals surface area contributed by atoms with Gasteiger partial charge in [0.1, 0.15) is 11.5 Å². The second kappa shape index (κ2) is 5.76. The number of anilines is 1. The van der Waals surface area contributed by atoms with Crippen molar-refractivity contribution >= 4 is 15.7 Å². The van der Waals surface area contributed by atoms with Gasteiger partial charge < -0.3 is 9.84 Å². The minimum absolute atomic E-state index is 0.0309. The fraction of sp³-hybridized carbons (Fsp3) is 0.0769. The highest BCUT2D eigenvalue weighted by molar-refractivity contribution is 7.92. The lowest BCUT2D eigenvalue weighted by Crippen LogP contribution is -2.17. The van der Waals surface area contributed by atoms with Gasteiger partial charge in [-0.15, -0.1) is 13.2 Å². The molecular formula is C13H10F3NO4S. The summed E-state index contributed by atoms with van der Waals surface area (Å²) in [4.78, 5) is -0.227. The van der Waals surface area contributed by atoms with Crippen molar-refractivity contribution in [3.63, 3.8) is 0 Å². The number of hydrogen-bond acceptors (Lipinski definition) is 4. The van der Waals surface area contributed by atoms with Gasteiger partial charge in [-0.05, 0) is 48.5 Å². The van der Waals surface area contributed by atoms with Crippen LogP contribution in [0.1, 0.15) is 0 Å². The number of hydrogen-bond donors (Lipinski definition) is 2. The van der Waals surface area contributed by atoms with E-state index in [-0.39, 0.29) is 16.3 Å². The van der Waals surface area contributed by atoms with E-state index in [1.54, 1.807) is 0 Å². The van der Waals surface area contributed by atoms with Gasteiger partial charge in [-0.25, -0.2) is 8.42 Å². The Morgan fingerprint density at radius 3 is 2.00 bits per heavy atom. The first-order chi connectivity index (χ1) is 10.2. The fourth-order valence-electron chi connectivity index (χ4n) is 1.56. The van der Waals surface area contributed by atoms with Crippen molar-refractivity contribution in [2.75, 3.05) is 4.72 Å². The first-order valence-electron chi connectivity index (χ1n) is 5.83. The summed E-state index contributed by atoms with van der Waals surface area (Å²) in [7, 11) is -3.96. The Morgan fingerprint density at radius 1 is 0.955 bits per heavy atom. The van der Waals surface area contributed by atoms with Gasteiger partial charge in [0.05, 0.1) is 4.90 Å². The first kappa shape index (κ1) is 16.0. The number of benzene rings is 2. The third kappa shape index (κ3) is 4.29. The van der Waals surface area contributed by atoms with E-state index in [0.29, 0.717) is 0 Å². The average Bonchev–Trinajstić information content (AvgIpc) is 2.40. The van der Waals surface area contributed by atoms with Gasteiger partial charge in [-0.3, -0.25) is 4.72 Å². The van der Waals surface area contributed by atoms with Crippen LogP contribution in [-0.4, -0.2) is 19.9 Å². The number of phenols is 1. The lowest BCUT2D eigenvalue weighted by molar-refractivity contribution is -0.274. The molecular weight excluding hydrogens is 323 g/mol. The Hall–Kier alpha value is -2.42. The zero-order chi connectivity index (χ0) is 16.4. The third-order valence-electron chi connectivity index (χ3n) is 2.49. The second-order valence-corrected chi connectivity index (χ2v) is 5.85. The lowest BCUT2D eigenvalue weighted by atomic mass is 10.3. The molecule has 118 valence electrons. The molecule has 0 saturated carbocycles. The van der Waals surface area contributed by atoms with Crippen molar-refractivity contribution in [3.05, 3.63) is 48.5 Å². The highest BCUT2D eigenvalue weighted by Crippen LogP contribution is 2.25. The zero-order valence-electron chi connectivity index (χ0n) is 10.8. The summed E-state index contributed by atoms with van der Waals surface area (Å²) in [6.07, 6.45) is -4.84. The molecule has 0 atom stereocenters. The highest BCUT2D eigenvalue weighted by Gasteiger charge is 2.31. The lowest BCUT2D eigenvalue weighted by Gasteiger charge is -2.10. The number of phenolic OH excluding ortho intramolecular Hbond substituents is 1. The molecule has 0 aliphatic rings. The van der Waals surface area contributed by atoms with E-state index in [9.17, 15) is 21.6 Å². The van der Waals surface area contributed by atoms with Gasteiger partial charge in [0, 0.05) is 5.69 Å². The predicted molar refractivity (Wildman–Crippen MR) is 72.0 cm³/mol. The summed E-state index contributed by atoms with van der Waals surface area (Å²) < 4.78 is 66.0. The summed E-state index contributed by atoms with van der Waals surface area (Å²) in [5.41, 5.74) is 0.202. The van der Waals surface area contributed by atoms with Gasteiger partial charge in [-0.2, -0.15) is 0 Å². The van der Waals surface area contributed by atoms with Crippen LogP contribution >= 0.6 is 0 Å². The van der Waals surface area contributed by atoms with Crippen LogP contribution in [0.3, 0.4) is 0 Å². The van der Waals surface area contributed by atoms with E-state index in [4.69, 9.17) is 5.11 Å². The first-order valence-corrected chi connectivity index (χ1v) is 7.32. The van der Waals surface area contributed by atoms with E-state index in [0.717, 1.165) is 24.3 Å². The number of aromatic hydroxyl groups is 1. The van der Waals surface area contributed by atoms with E-state index < -0.39 is 22.1 Å². The van der Waals surface area contributed by atoms with Crippen molar-refractivity contribution in [3.8, 4) is 11.5 Å². The van der Waals surface area contributed by atoms with E-state index in [2.05, 4.69) is 9.46 Å². The van der Waals surface area contributed by atoms with Crippen LogP contribution in [0.4, 0.5) is 18.9 Å². The maximum Gasteiger partial charge on any atom is 0.573 e. The third-order valence-corrected chi connectivity index (χ3v) is 3.88. The maximum atomic E-state index is 12.0. The Balaban J connectivity index is 2.17. The highest BCUT2D eigenvalue weighted by atomic mass is 32.2. The Kier molecular flexibility index (Phi) is 4.18. The molecule has 0 aliphatic heterocycles. The van der Waals surface area contributed by atoms with Crippen molar-refractivity contribution in [2.45, 2.75) is 11.3 Å². The second-order valence-electron chi connectivity index (χ2n) is 4.17. The molecule has 0 fully saturated rings. The molecule has 0 amide bonds. The molecule has 2 N–H and O–H groups in total. The molecule has 0 unspecified atom stereocenters. The van der Waals surface area contributed by atoms with Crippen molar-refractivity contribution in [1.29, 1.82) is 0 Å². The van der Waals surface area contributed by atoms with Crippen LogP contribution in [0, 0.1) is 0 Å². The number of halogens is 3. The molecule has 9 heteroatoms. The Morgan fingerprint density at radius 2 is 1.50 bits per heavy atom. The minimum atomic E-state index is -4.84. The number of alkyl halides is 3.